The number of ether oxygens (including phenoxy) is 1. The maximum atomic E-state index is 13.1. The van der Waals surface area contributed by atoms with Gasteiger partial charge in [0.15, 0.2) is 5.78 Å². The van der Waals surface area contributed by atoms with Crippen LogP contribution in [0.2, 0.25) is 0 Å². The molecule has 2 aromatic rings. The molecule has 1 aliphatic rings. The van der Waals surface area contributed by atoms with Crippen LogP contribution in [0.25, 0.3) is 0 Å². The van der Waals surface area contributed by atoms with Gasteiger partial charge in [-0.1, -0.05) is 26.0 Å². The number of aromatic nitrogens is 1. The standard InChI is InChI=1S/C20H22FNO3/c1-11(2)10-25-20(24)19-12(3)18-16(22-19)8-14(9-17(18)23)13-4-6-15(21)7-5-13/h4-7,11,14,22H,8-10H2,1-3H3/t14-/m0/s1. The van der Waals surface area contributed by atoms with Gasteiger partial charge < -0.3 is 9.72 Å². The minimum absolute atomic E-state index is 0.00670. The summed E-state index contributed by atoms with van der Waals surface area (Å²) in [5.41, 5.74) is 3.32. The second kappa shape index (κ2) is 6.82. The predicted octanol–water partition coefficient (Wildman–Crippen LogP) is 4.19. The molecule has 0 spiro atoms. The number of carbonyl (C=O) groups excluding carboxylic acids is 2. The van der Waals surface area contributed by atoms with Crippen LogP contribution >= 0.6 is 0 Å². The first-order valence-corrected chi connectivity index (χ1v) is 8.54. The summed E-state index contributed by atoms with van der Waals surface area (Å²) in [7, 11) is 0. The molecule has 25 heavy (non-hydrogen) atoms. The van der Waals surface area contributed by atoms with Crippen molar-refractivity contribution in [2.45, 2.75) is 39.5 Å². The Morgan fingerprint density at radius 2 is 1.96 bits per heavy atom. The average molecular weight is 343 g/mol. The van der Waals surface area contributed by atoms with Gasteiger partial charge in [-0.05, 0) is 48.4 Å². The number of fused-ring (bicyclic) bond motifs is 1. The van der Waals surface area contributed by atoms with Crippen molar-refractivity contribution in [1.82, 2.24) is 4.98 Å². The number of benzene rings is 1. The van der Waals surface area contributed by atoms with Crippen molar-refractivity contribution in [3.8, 4) is 0 Å². The fourth-order valence-electron chi connectivity index (χ4n) is 3.32. The number of halogens is 1. The number of hydrogen-bond donors (Lipinski definition) is 1. The summed E-state index contributed by atoms with van der Waals surface area (Å²) in [6, 6.07) is 6.24. The molecule has 1 heterocycles. The van der Waals surface area contributed by atoms with Crippen LogP contribution in [0.3, 0.4) is 0 Å². The van der Waals surface area contributed by atoms with Crippen molar-refractivity contribution in [3.63, 3.8) is 0 Å². The lowest BCUT2D eigenvalue weighted by atomic mass is 9.81. The highest BCUT2D eigenvalue weighted by Crippen LogP contribution is 2.35. The lowest BCUT2D eigenvalue weighted by Crippen LogP contribution is -2.18. The van der Waals surface area contributed by atoms with E-state index in [1.807, 2.05) is 13.8 Å². The van der Waals surface area contributed by atoms with Crippen molar-refractivity contribution in [2.75, 3.05) is 6.61 Å². The summed E-state index contributed by atoms with van der Waals surface area (Å²) in [5.74, 6) is -0.479. The van der Waals surface area contributed by atoms with Crippen LogP contribution in [0, 0.1) is 18.7 Å². The van der Waals surface area contributed by atoms with E-state index < -0.39 is 5.97 Å². The topological polar surface area (TPSA) is 59.2 Å². The van der Waals surface area contributed by atoms with Gasteiger partial charge in [0, 0.05) is 17.7 Å². The lowest BCUT2D eigenvalue weighted by Gasteiger charge is -2.22. The summed E-state index contributed by atoms with van der Waals surface area (Å²) in [6.07, 6.45) is 0.975. The Hall–Kier alpha value is -2.43. The molecule has 4 nitrogen and oxygen atoms in total. The molecule has 3 rings (SSSR count). The largest absolute Gasteiger partial charge is 0.461 e. The number of Topliss-reactive ketones (excluding diaryl/α,β-unsaturated/α-hetero) is 1. The molecule has 0 radical (unpaired) electrons. The monoisotopic (exact) mass is 343 g/mol. The van der Waals surface area contributed by atoms with Crippen LogP contribution in [-0.4, -0.2) is 23.3 Å². The van der Waals surface area contributed by atoms with Crippen LogP contribution in [0.4, 0.5) is 4.39 Å². The molecular weight excluding hydrogens is 321 g/mol. The maximum Gasteiger partial charge on any atom is 0.355 e. The highest BCUT2D eigenvalue weighted by atomic mass is 19.1. The zero-order valence-corrected chi connectivity index (χ0v) is 14.7. The maximum absolute atomic E-state index is 13.1. The highest BCUT2D eigenvalue weighted by molar-refractivity contribution is 6.03. The third-order valence-electron chi connectivity index (χ3n) is 4.58. The number of rotatable bonds is 4. The summed E-state index contributed by atoms with van der Waals surface area (Å²) >= 11 is 0. The Morgan fingerprint density at radius 3 is 2.60 bits per heavy atom. The van der Waals surface area contributed by atoms with E-state index in [4.69, 9.17) is 4.74 Å². The minimum Gasteiger partial charge on any atom is -0.461 e. The number of aromatic amines is 1. The van der Waals surface area contributed by atoms with Crippen LogP contribution in [0.15, 0.2) is 24.3 Å². The Kier molecular flexibility index (Phi) is 4.75. The van der Waals surface area contributed by atoms with Gasteiger partial charge in [0.05, 0.1) is 6.61 Å². The van der Waals surface area contributed by atoms with E-state index in [9.17, 15) is 14.0 Å². The first kappa shape index (κ1) is 17.4. The number of nitrogens with one attached hydrogen (secondary N) is 1. The van der Waals surface area contributed by atoms with E-state index in [0.29, 0.717) is 36.3 Å². The Bertz CT molecular complexity index is 805. The third-order valence-corrected chi connectivity index (χ3v) is 4.58. The molecule has 1 atom stereocenters. The summed E-state index contributed by atoms with van der Waals surface area (Å²) in [6.45, 7) is 6.05. The number of H-pyrrole nitrogens is 1. The van der Waals surface area contributed by atoms with Crippen molar-refractivity contribution in [3.05, 3.63) is 58.2 Å². The molecule has 132 valence electrons. The van der Waals surface area contributed by atoms with Crippen molar-refractivity contribution >= 4 is 11.8 Å². The van der Waals surface area contributed by atoms with E-state index in [0.717, 1.165) is 11.3 Å². The van der Waals surface area contributed by atoms with Gasteiger partial charge in [-0.3, -0.25) is 4.79 Å². The van der Waals surface area contributed by atoms with Gasteiger partial charge in [0.2, 0.25) is 0 Å². The van der Waals surface area contributed by atoms with E-state index in [1.54, 1.807) is 19.1 Å². The molecule has 0 amide bonds. The van der Waals surface area contributed by atoms with E-state index in [1.165, 1.54) is 12.1 Å². The van der Waals surface area contributed by atoms with Crippen molar-refractivity contribution < 1.29 is 18.7 Å². The third kappa shape index (κ3) is 3.50. The predicted molar refractivity (Wildman–Crippen MR) is 92.4 cm³/mol. The molecule has 0 fully saturated rings. The molecule has 1 N–H and O–H groups in total. The van der Waals surface area contributed by atoms with Crippen LogP contribution < -0.4 is 0 Å². The van der Waals surface area contributed by atoms with Crippen molar-refractivity contribution in [2.24, 2.45) is 5.92 Å². The zero-order chi connectivity index (χ0) is 18.1. The van der Waals surface area contributed by atoms with Gasteiger partial charge in [0.1, 0.15) is 11.5 Å². The van der Waals surface area contributed by atoms with Gasteiger partial charge >= 0.3 is 5.97 Å². The Labute approximate surface area is 146 Å². The van der Waals surface area contributed by atoms with Crippen LogP contribution in [-0.2, 0) is 11.2 Å². The van der Waals surface area contributed by atoms with Crippen molar-refractivity contribution in [1.29, 1.82) is 0 Å². The molecule has 0 bridgehead atoms. The van der Waals surface area contributed by atoms with Crippen LogP contribution in [0.1, 0.15) is 63.9 Å². The second-order valence-corrected chi connectivity index (χ2v) is 7.05. The molecular formula is C20H22FNO3. The summed E-state index contributed by atoms with van der Waals surface area (Å²) < 4.78 is 18.4. The van der Waals surface area contributed by atoms with E-state index >= 15 is 0 Å². The number of ketones is 1. The second-order valence-electron chi connectivity index (χ2n) is 7.05. The van der Waals surface area contributed by atoms with Gasteiger partial charge in [-0.25, -0.2) is 9.18 Å². The summed E-state index contributed by atoms with van der Waals surface area (Å²) in [5, 5.41) is 0. The summed E-state index contributed by atoms with van der Waals surface area (Å²) in [4.78, 5) is 28.0. The van der Waals surface area contributed by atoms with Gasteiger partial charge in [0.25, 0.3) is 0 Å². The normalized spacial score (nSPS) is 16.8. The first-order valence-electron chi connectivity index (χ1n) is 8.54. The zero-order valence-electron chi connectivity index (χ0n) is 14.7. The van der Waals surface area contributed by atoms with E-state index in [2.05, 4.69) is 4.98 Å². The SMILES string of the molecule is Cc1c(C(=O)OCC(C)C)[nH]c2c1C(=O)C[C@@H](c1ccc(F)cc1)C2. The molecule has 1 aromatic heterocycles. The molecule has 0 saturated heterocycles. The van der Waals surface area contributed by atoms with Crippen LogP contribution in [0.5, 0.6) is 0 Å². The molecule has 0 aliphatic heterocycles. The number of carbonyl (C=O) groups is 2. The molecule has 0 saturated carbocycles. The fourth-order valence-corrected chi connectivity index (χ4v) is 3.32. The smallest absolute Gasteiger partial charge is 0.355 e. The Balaban J connectivity index is 1.86. The highest BCUT2D eigenvalue weighted by Gasteiger charge is 2.32. The number of esters is 1. The van der Waals surface area contributed by atoms with Gasteiger partial charge in [-0.15, -0.1) is 0 Å². The average Bonchev–Trinajstić information content (AvgIpc) is 2.90. The number of hydrogen-bond acceptors (Lipinski definition) is 3. The molecule has 0 unspecified atom stereocenters. The molecule has 1 aromatic carbocycles. The quantitative estimate of drug-likeness (QED) is 0.847. The fraction of sp³-hybridized carbons (Fsp3) is 0.400. The van der Waals surface area contributed by atoms with E-state index in [-0.39, 0.29) is 23.4 Å². The first-order chi connectivity index (χ1) is 11.9. The molecule has 1 aliphatic carbocycles. The lowest BCUT2D eigenvalue weighted by molar-refractivity contribution is 0.0451. The van der Waals surface area contributed by atoms with Gasteiger partial charge in [-0.2, -0.15) is 0 Å². The minimum atomic E-state index is -0.424. The molecule has 5 heteroatoms. The Morgan fingerprint density at radius 1 is 1.28 bits per heavy atom.